The monoisotopic (exact) mass is 563 g/mol. The number of ether oxygens (including phenoxy) is 2. The molecule has 41 heavy (non-hydrogen) atoms. The third-order valence-corrected chi connectivity index (χ3v) is 7.48. The molecule has 1 aliphatic heterocycles. The largest absolute Gasteiger partial charge is 0.480 e. The maximum Gasteiger partial charge on any atom is 0.434 e. The maximum atomic E-state index is 13.4. The van der Waals surface area contributed by atoms with Crippen LogP contribution in [0.15, 0.2) is 49.2 Å². The van der Waals surface area contributed by atoms with Crippen molar-refractivity contribution in [3.8, 4) is 28.7 Å². The van der Waals surface area contributed by atoms with Gasteiger partial charge in [0.15, 0.2) is 11.5 Å². The van der Waals surface area contributed by atoms with E-state index in [1.54, 1.807) is 36.7 Å². The Morgan fingerprint density at radius 2 is 1.88 bits per heavy atom. The molecule has 0 bridgehead atoms. The van der Waals surface area contributed by atoms with Crippen LogP contribution >= 0.6 is 0 Å². The molecular formula is C28H24F3N7O3. The van der Waals surface area contributed by atoms with Gasteiger partial charge in [-0.2, -0.15) is 13.2 Å². The van der Waals surface area contributed by atoms with E-state index in [-0.39, 0.29) is 11.9 Å². The van der Waals surface area contributed by atoms with Gasteiger partial charge in [-0.05, 0) is 18.4 Å². The van der Waals surface area contributed by atoms with Crippen molar-refractivity contribution in [2.45, 2.75) is 37.1 Å². The number of aliphatic hydroxyl groups excluding tert-OH is 1. The molecule has 2 N–H and O–H groups in total. The normalized spacial score (nSPS) is 16.6. The van der Waals surface area contributed by atoms with Crippen LogP contribution in [0.4, 0.5) is 13.2 Å². The highest BCUT2D eigenvalue weighted by Crippen LogP contribution is 2.45. The Bertz CT molecular complexity index is 1740. The number of aromatic amines is 1. The Kier molecular flexibility index (Phi) is 6.01. The van der Waals surface area contributed by atoms with Crippen molar-refractivity contribution < 1.29 is 27.8 Å². The van der Waals surface area contributed by atoms with E-state index in [4.69, 9.17) is 14.5 Å². The lowest BCUT2D eigenvalue weighted by molar-refractivity contribution is -0.141. The summed E-state index contributed by atoms with van der Waals surface area (Å²) in [7, 11) is 1.53. The van der Waals surface area contributed by atoms with E-state index >= 15 is 0 Å². The fraction of sp³-hybridized carbons (Fsp3) is 0.321. The summed E-state index contributed by atoms with van der Waals surface area (Å²) in [6.07, 6.45) is 2.21. The second-order valence-electron chi connectivity index (χ2n) is 10.2. The van der Waals surface area contributed by atoms with Gasteiger partial charge in [0, 0.05) is 29.4 Å². The summed E-state index contributed by atoms with van der Waals surface area (Å²) < 4.78 is 52.4. The number of aliphatic hydroxyl groups is 1. The summed E-state index contributed by atoms with van der Waals surface area (Å²) in [4.78, 5) is 25.0. The number of methoxy groups -OCH3 is 1. The Hall–Kier alpha value is -4.36. The number of nitrogens with one attached hydrogen (secondary N) is 1. The SMILES string of the molecule is COc1ncnc(C2CC2)c1-c1ncc2[nH]cc(C(O)c3ccc(-c4nc(C(F)(F)F)cn4C4COC4)cc3)c2n1. The molecule has 1 aromatic carbocycles. The standard InChI is InChI=1S/C28H24F3N7O3/c1-40-27-21(22(14-2-3-14)34-13-35-27)25-33-9-19-23(37-25)18(8-32-19)24(39)15-4-6-16(7-5-15)26-36-20(28(29,30)31)10-38(26)17-11-41-12-17/h4-10,13-14,17,24,32,39H,2-3,11-12H2,1H3. The molecule has 210 valence electrons. The molecule has 1 aliphatic carbocycles. The van der Waals surface area contributed by atoms with Gasteiger partial charge in [-0.15, -0.1) is 0 Å². The van der Waals surface area contributed by atoms with Crippen molar-refractivity contribution in [1.82, 2.24) is 34.5 Å². The third-order valence-electron chi connectivity index (χ3n) is 7.48. The zero-order chi connectivity index (χ0) is 28.3. The summed E-state index contributed by atoms with van der Waals surface area (Å²) in [6.45, 7) is 0.649. The fourth-order valence-electron chi connectivity index (χ4n) is 5.07. The van der Waals surface area contributed by atoms with Gasteiger partial charge >= 0.3 is 6.18 Å². The molecule has 1 atom stereocenters. The van der Waals surface area contributed by atoms with Crippen molar-refractivity contribution in [1.29, 1.82) is 0 Å². The first-order valence-corrected chi connectivity index (χ1v) is 13.1. The van der Waals surface area contributed by atoms with Crippen LogP contribution < -0.4 is 4.74 Å². The molecule has 1 unspecified atom stereocenters. The molecule has 2 fully saturated rings. The molecule has 1 saturated carbocycles. The summed E-state index contributed by atoms with van der Waals surface area (Å²) in [5.74, 6) is 1.28. The van der Waals surface area contributed by atoms with E-state index in [1.165, 1.54) is 18.0 Å². The van der Waals surface area contributed by atoms with Gasteiger partial charge in [0.05, 0.1) is 49.3 Å². The Morgan fingerprint density at radius 3 is 2.54 bits per heavy atom. The van der Waals surface area contributed by atoms with Crippen molar-refractivity contribution in [2.24, 2.45) is 0 Å². The van der Waals surface area contributed by atoms with Gasteiger partial charge in [0.1, 0.15) is 23.8 Å². The first-order valence-electron chi connectivity index (χ1n) is 13.1. The third kappa shape index (κ3) is 4.50. The number of halogens is 3. The first kappa shape index (κ1) is 25.6. The fourth-order valence-corrected chi connectivity index (χ4v) is 5.07. The first-order chi connectivity index (χ1) is 19.8. The molecule has 0 radical (unpaired) electrons. The van der Waals surface area contributed by atoms with E-state index in [9.17, 15) is 18.3 Å². The van der Waals surface area contributed by atoms with Gasteiger partial charge in [-0.25, -0.2) is 24.9 Å². The highest BCUT2D eigenvalue weighted by atomic mass is 19.4. The van der Waals surface area contributed by atoms with Crippen molar-refractivity contribution in [3.05, 3.63) is 71.7 Å². The number of hydrogen-bond donors (Lipinski definition) is 2. The van der Waals surface area contributed by atoms with Crippen LogP contribution in [0.2, 0.25) is 0 Å². The second kappa shape index (κ2) is 9.63. The van der Waals surface area contributed by atoms with E-state index < -0.39 is 18.0 Å². The minimum atomic E-state index is -4.56. The molecule has 0 amide bonds. The zero-order valence-corrected chi connectivity index (χ0v) is 21.8. The average Bonchev–Trinajstić information content (AvgIpc) is 3.56. The molecule has 13 heteroatoms. The number of rotatable bonds is 7. The van der Waals surface area contributed by atoms with E-state index in [1.807, 2.05) is 0 Å². The number of benzene rings is 1. The molecule has 2 aliphatic rings. The minimum absolute atomic E-state index is 0.196. The zero-order valence-electron chi connectivity index (χ0n) is 21.8. The number of aromatic nitrogens is 7. The predicted octanol–water partition coefficient (Wildman–Crippen LogP) is 4.84. The average molecular weight is 564 g/mol. The quantitative estimate of drug-likeness (QED) is 0.289. The van der Waals surface area contributed by atoms with Crippen molar-refractivity contribution >= 4 is 11.0 Å². The van der Waals surface area contributed by atoms with Crippen LogP contribution in [0.25, 0.3) is 33.8 Å². The summed E-state index contributed by atoms with van der Waals surface area (Å²) in [5, 5.41) is 11.3. The van der Waals surface area contributed by atoms with Gasteiger partial charge in [0.2, 0.25) is 5.88 Å². The van der Waals surface area contributed by atoms with E-state index in [2.05, 4.69) is 24.9 Å². The van der Waals surface area contributed by atoms with Crippen LogP contribution in [0.3, 0.4) is 0 Å². The van der Waals surface area contributed by atoms with E-state index in [0.29, 0.717) is 64.1 Å². The van der Waals surface area contributed by atoms with Gasteiger partial charge < -0.3 is 24.1 Å². The molecule has 1 saturated heterocycles. The number of hydrogen-bond acceptors (Lipinski definition) is 8. The van der Waals surface area contributed by atoms with E-state index in [0.717, 1.165) is 24.7 Å². The van der Waals surface area contributed by atoms with Gasteiger partial charge in [-0.3, -0.25) is 0 Å². The highest BCUT2D eigenvalue weighted by Gasteiger charge is 2.37. The Labute approximate surface area is 231 Å². The Balaban J connectivity index is 1.23. The highest BCUT2D eigenvalue weighted by molar-refractivity contribution is 5.82. The lowest BCUT2D eigenvalue weighted by Gasteiger charge is -2.28. The van der Waals surface area contributed by atoms with Crippen molar-refractivity contribution in [2.75, 3.05) is 20.3 Å². The number of H-pyrrole nitrogens is 1. The van der Waals surface area contributed by atoms with Crippen LogP contribution in [-0.2, 0) is 10.9 Å². The number of imidazole rings is 1. The van der Waals surface area contributed by atoms with Crippen molar-refractivity contribution in [3.63, 3.8) is 0 Å². The lowest BCUT2D eigenvalue weighted by atomic mass is 10.0. The van der Waals surface area contributed by atoms with Crippen LogP contribution in [-0.4, -0.2) is 59.9 Å². The van der Waals surface area contributed by atoms with Gasteiger partial charge in [-0.1, -0.05) is 24.3 Å². The molecule has 4 aromatic heterocycles. The minimum Gasteiger partial charge on any atom is -0.480 e. The smallest absolute Gasteiger partial charge is 0.434 e. The van der Waals surface area contributed by atoms with Crippen LogP contribution in [0.5, 0.6) is 5.88 Å². The summed E-state index contributed by atoms with van der Waals surface area (Å²) in [6, 6.07) is 6.43. The number of nitrogens with zero attached hydrogens (tertiary/aromatic N) is 6. The maximum absolute atomic E-state index is 13.4. The number of fused-ring (bicyclic) bond motifs is 1. The second-order valence-corrected chi connectivity index (χ2v) is 10.2. The molecule has 5 heterocycles. The lowest BCUT2D eigenvalue weighted by Crippen LogP contribution is -2.30. The predicted molar refractivity (Wildman–Crippen MR) is 140 cm³/mol. The molecular weight excluding hydrogens is 539 g/mol. The number of alkyl halides is 3. The molecule has 0 spiro atoms. The van der Waals surface area contributed by atoms with Crippen LogP contribution in [0, 0.1) is 0 Å². The molecule has 7 rings (SSSR count). The Morgan fingerprint density at radius 1 is 1.10 bits per heavy atom. The topological polar surface area (TPSA) is 124 Å². The molecule has 10 nitrogen and oxygen atoms in total. The van der Waals surface area contributed by atoms with Gasteiger partial charge in [0.25, 0.3) is 0 Å². The summed E-state index contributed by atoms with van der Waals surface area (Å²) >= 11 is 0. The molecule has 5 aromatic rings. The van der Waals surface area contributed by atoms with Crippen LogP contribution in [0.1, 0.15) is 53.4 Å². The summed E-state index contributed by atoms with van der Waals surface area (Å²) in [5.41, 5.74) is 3.23.